The quantitative estimate of drug-likeness (QED) is 0.276. The molecule has 0 N–H and O–H groups in total. The summed E-state index contributed by atoms with van der Waals surface area (Å²) in [4.78, 5) is 14.9. The number of hydrogen-bond donors (Lipinski definition) is 0. The predicted molar refractivity (Wildman–Crippen MR) is 158 cm³/mol. The second-order valence-electron chi connectivity index (χ2n) is 14.2. The first-order valence-electron chi connectivity index (χ1n) is 13.3. The Hall–Kier alpha value is -2.33. The molecule has 0 amide bonds. The smallest absolute Gasteiger partial charge is 0.312 e. The van der Waals surface area contributed by atoms with E-state index in [9.17, 15) is 4.79 Å². The van der Waals surface area contributed by atoms with Crippen LogP contribution in [0.1, 0.15) is 89.0 Å². The fraction of sp³-hybridized carbons (Fsp3) is 0.545. The van der Waals surface area contributed by atoms with Crippen LogP contribution in [0.15, 0.2) is 54.6 Å². The van der Waals surface area contributed by atoms with Gasteiger partial charge in [0.1, 0.15) is 17.0 Å². The molecule has 1 heterocycles. The van der Waals surface area contributed by atoms with Crippen molar-refractivity contribution in [1.29, 1.82) is 0 Å². The maximum atomic E-state index is 13.7. The minimum Gasteiger partial charge on any atom is -0.488 e. The zero-order chi connectivity index (χ0) is 27.9. The lowest BCUT2D eigenvalue weighted by molar-refractivity contribution is -0.181. The van der Waals surface area contributed by atoms with Gasteiger partial charge in [-0.1, -0.05) is 71.9 Å². The van der Waals surface area contributed by atoms with Gasteiger partial charge >= 0.3 is 5.97 Å². The number of hydrogen-bond acceptors (Lipinski definition) is 4. The molecule has 1 aromatic heterocycles. The Kier molecular flexibility index (Phi) is 7.97. The SMILES string of the molecule is CC(C)(C)CC(C)(C(=O)OC(C)(C)CC(C)(C)Oc1ccc2cc(-c3ccccc3)sc2c1)C(C)(C)C. The van der Waals surface area contributed by atoms with E-state index in [4.69, 9.17) is 9.47 Å². The Morgan fingerprint density at radius 2 is 1.38 bits per heavy atom. The molecule has 0 aliphatic rings. The van der Waals surface area contributed by atoms with Crippen molar-refractivity contribution in [1.82, 2.24) is 0 Å². The lowest BCUT2D eigenvalue weighted by Crippen LogP contribution is -2.48. The molecule has 0 saturated carbocycles. The molecule has 0 aliphatic heterocycles. The number of esters is 1. The highest BCUT2D eigenvalue weighted by atomic mass is 32.1. The number of thiophene rings is 1. The van der Waals surface area contributed by atoms with Crippen molar-refractivity contribution < 1.29 is 14.3 Å². The summed E-state index contributed by atoms with van der Waals surface area (Å²) < 4.78 is 13.9. The van der Waals surface area contributed by atoms with E-state index < -0.39 is 16.6 Å². The zero-order valence-electron chi connectivity index (χ0n) is 24.7. The number of fused-ring (bicyclic) bond motifs is 1. The van der Waals surface area contributed by atoms with Crippen LogP contribution in [0.4, 0.5) is 0 Å². The molecule has 37 heavy (non-hydrogen) atoms. The van der Waals surface area contributed by atoms with Crippen molar-refractivity contribution in [3.63, 3.8) is 0 Å². The third-order valence-corrected chi connectivity index (χ3v) is 8.30. The highest BCUT2D eigenvalue weighted by Gasteiger charge is 2.49. The molecule has 0 aliphatic carbocycles. The van der Waals surface area contributed by atoms with Crippen LogP contribution in [0.5, 0.6) is 5.75 Å². The van der Waals surface area contributed by atoms with Gasteiger partial charge in [0.15, 0.2) is 0 Å². The van der Waals surface area contributed by atoms with Gasteiger partial charge in [-0.05, 0) is 87.1 Å². The molecule has 0 fully saturated rings. The molecule has 2 aromatic carbocycles. The summed E-state index contributed by atoms with van der Waals surface area (Å²) in [5, 5.41) is 1.21. The normalized spacial score (nSPS) is 14.9. The molecule has 202 valence electrons. The summed E-state index contributed by atoms with van der Waals surface area (Å²) in [6.07, 6.45) is 1.32. The first kappa shape index (κ1) is 29.2. The monoisotopic (exact) mass is 522 g/mol. The van der Waals surface area contributed by atoms with Crippen LogP contribution >= 0.6 is 11.3 Å². The number of ether oxygens (including phenoxy) is 2. The van der Waals surface area contributed by atoms with Crippen molar-refractivity contribution in [2.75, 3.05) is 0 Å². The lowest BCUT2D eigenvalue weighted by Gasteiger charge is -2.45. The van der Waals surface area contributed by atoms with E-state index in [2.05, 4.69) is 105 Å². The Bertz CT molecular complexity index is 1220. The maximum absolute atomic E-state index is 13.7. The second kappa shape index (κ2) is 10.1. The standard InChI is InChI=1S/C33H46O3S/c1-29(2,3)21-33(11,30(4,5)6)28(34)36-32(9,10)22-31(7,8)35-25-18-17-24-19-26(37-27(24)20-25)23-15-13-12-14-16-23/h12-20H,21-22H2,1-11H3. The van der Waals surface area contributed by atoms with Gasteiger partial charge in [-0.3, -0.25) is 4.79 Å². The number of carbonyl (C=O) groups is 1. The fourth-order valence-electron chi connectivity index (χ4n) is 5.30. The number of benzene rings is 2. The van der Waals surface area contributed by atoms with E-state index in [1.807, 2.05) is 26.0 Å². The van der Waals surface area contributed by atoms with Gasteiger partial charge in [-0.25, -0.2) is 0 Å². The van der Waals surface area contributed by atoms with E-state index in [1.54, 1.807) is 11.3 Å². The third kappa shape index (κ3) is 7.37. The molecule has 4 heteroatoms. The van der Waals surface area contributed by atoms with Crippen LogP contribution in [0.3, 0.4) is 0 Å². The molecule has 1 unspecified atom stereocenters. The number of rotatable bonds is 8. The van der Waals surface area contributed by atoms with Crippen LogP contribution in [0.25, 0.3) is 20.5 Å². The van der Waals surface area contributed by atoms with Crippen LogP contribution in [-0.4, -0.2) is 17.2 Å². The van der Waals surface area contributed by atoms with E-state index >= 15 is 0 Å². The van der Waals surface area contributed by atoms with Gasteiger partial charge in [-0.2, -0.15) is 0 Å². The molecule has 0 saturated heterocycles. The summed E-state index contributed by atoms with van der Waals surface area (Å²) in [6, 6.07) is 19.0. The van der Waals surface area contributed by atoms with Crippen molar-refractivity contribution in [2.24, 2.45) is 16.2 Å². The third-order valence-electron chi connectivity index (χ3n) is 7.15. The largest absolute Gasteiger partial charge is 0.488 e. The Labute approximate surface area is 228 Å². The van der Waals surface area contributed by atoms with E-state index in [0.717, 1.165) is 12.2 Å². The minimum atomic E-state index is -0.682. The van der Waals surface area contributed by atoms with Crippen LogP contribution in [-0.2, 0) is 9.53 Å². The van der Waals surface area contributed by atoms with Crippen LogP contribution < -0.4 is 4.74 Å². The Balaban J connectivity index is 1.75. The summed E-state index contributed by atoms with van der Waals surface area (Å²) in [6.45, 7) is 23.1. The molecular weight excluding hydrogens is 476 g/mol. The highest BCUT2D eigenvalue weighted by molar-refractivity contribution is 7.22. The molecule has 3 rings (SSSR count). The van der Waals surface area contributed by atoms with Gasteiger partial charge < -0.3 is 9.47 Å². The van der Waals surface area contributed by atoms with Gasteiger partial charge in [0.05, 0.1) is 5.41 Å². The van der Waals surface area contributed by atoms with E-state index in [-0.39, 0.29) is 16.8 Å². The minimum absolute atomic E-state index is 0.00832. The average molecular weight is 523 g/mol. The second-order valence-corrected chi connectivity index (χ2v) is 15.3. The summed E-state index contributed by atoms with van der Waals surface area (Å²) in [7, 11) is 0. The first-order chi connectivity index (χ1) is 16.8. The Morgan fingerprint density at radius 1 is 0.757 bits per heavy atom. The first-order valence-corrected chi connectivity index (χ1v) is 14.1. The molecule has 0 radical (unpaired) electrons. The predicted octanol–water partition coefficient (Wildman–Crippen LogP) is 9.93. The van der Waals surface area contributed by atoms with Gasteiger partial charge in [0.25, 0.3) is 0 Å². The molecule has 3 aromatic rings. The van der Waals surface area contributed by atoms with E-state index in [1.165, 1.54) is 20.5 Å². The van der Waals surface area contributed by atoms with Gasteiger partial charge in [0.2, 0.25) is 0 Å². The van der Waals surface area contributed by atoms with Gasteiger partial charge in [0, 0.05) is 16.0 Å². The number of carbonyl (C=O) groups excluding carboxylic acids is 1. The van der Waals surface area contributed by atoms with Gasteiger partial charge in [-0.15, -0.1) is 11.3 Å². The summed E-state index contributed by atoms with van der Waals surface area (Å²) in [5.74, 6) is 0.692. The molecule has 1 atom stereocenters. The maximum Gasteiger partial charge on any atom is 0.312 e. The summed E-state index contributed by atoms with van der Waals surface area (Å²) in [5.41, 5.74) is -0.808. The topological polar surface area (TPSA) is 35.5 Å². The lowest BCUT2D eigenvalue weighted by atomic mass is 9.61. The van der Waals surface area contributed by atoms with Crippen molar-refractivity contribution in [2.45, 2.75) is 100 Å². The molecule has 0 spiro atoms. The fourth-order valence-corrected chi connectivity index (χ4v) is 6.40. The molecule has 3 nitrogen and oxygen atoms in total. The average Bonchev–Trinajstić information content (AvgIpc) is 3.14. The van der Waals surface area contributed by atoms with E-state index in [0.29, 0.717) is 6.42 Å². The zero-order valence-corrected chi connectivity index (χ0v) is 25.6. The highest BCUT2D eigenvalue weighted by Crippen LogP contribution is 2.48. The van der Waals surface area contributed by atoms with Crippen molar-refractivity contribution >= 4 is 27.4 Å². The van der Waals surface area contributed by atoms with Crippen molar-refractivity contribution in [3.05, 3.63) is 54.6 Å². The van der Waals surface area contributed by atoms with Crippen LogP contribution in [0, 0.1) is 16.2 Å². The molecule has 0 bridgehead atoms. The molecular formula is C33H46O3S. The Morgan fingerprint density at radius 3 is 1.95 bits per heavy atom. The summed E-state index contributed by atoms with van der Waals surface area (Å²) >= 11 is 1.77. The van der Waals surface area contributed by atoms with Crippen molar-refractivity contribution in [3.8, 4) is 16.2 Å². The van der Waals surface area contributed by atoms with Crippen LogP contribution in [0.2, 0.25) is 0 Å².